The smallest absolute Gasteiger partial charge is 0.345 e. The van der Waals surface area contributed by atoms with Crippen molar-refractivity contribution in [2.75, 3.05) is 25.1 Å². The van der Waals surface area contributed by atoms with Gasteiger partial charge in [0.1, 0.15) is 5.56 Å². The van der Waals surface area contributed by atoms with E-state index in [1.54, 1.807) is 6.92 Å². The Hall–Kier alpha value is -2.34. The summed E-state index contributed by atoms with van der Waals surface area (Å²) in [7, 11) is 0. The number of benzene rings is 1. The van der Waals surface area contributed by atoms with Gasteiger partial charge in [0.15, 0.2) is 0 Å². The standard InChI is InChI=1S/C17H20N2O4/c1-2-22-17(21)14-15(18-10-11-6-5-9-23-11)12-7-3-4-8-13(12)19-16(14)20/h3-4,7-8,11H,2,5-6,9-10H2,1H3,(H2,18,19,20)/t11-/m0/s1. The fraction of sp³-hybridized carbons (Fsp3) is 0.412. The first-order valence-corrected chi connectivity index (χ1v) is 7.88. The summed E-state index contributed by atoms with van der Waals surface area (Å²) in [4.78, 5) is 27.3. The third-order valence-electron chi connectivity index (χ3n) is 3.93. The molecule has 6 heteroatoms. The predicted octanol–water partition coefficient (Wildman–Crippen LogP) is 2.30. The van der Waals surface area contributed by atoms with Gasteiger partial charge in [0.25, 0.3) is 5.56 Å². The van der Waals surface area contributed by atoms with Gasteiger partial charge in [0.2, 0.25) is 0 Å². The van der Waals surface area contributed by atoms with Gasteiger partial charge in [0, 0.05) is 18.5 Å². The number of anilines is 1. The van der Waals surface area contributed by atoms with E-state index in [0.29, 0.717) is 17.7 Å². The first kappa shape index (κ1) is 15.6. The van der Waals surface area contributed by atoms with Crippen molar-refractivity contribution >= 4 is 22.6 Å². The maximum atomic E-state index is 12.3. The van der Waals surface area contributed by atoms with Crippen molar-refractivity contribution in [3.05, 3.63) is 40.2 Å². The molecule has 0 amide bonds. The lowest BCUT2D eigenvalue weighted by Crippen LogP contribution is -2.26. The van der Waals surface area contributed by atoms with Crippen LogP contribution in [0, 0.1) is 0 Å². The molecule has 0 radical (unpaired) electrons. The second-order valence-corrected chi connectivity index (χ2v) is 5.49. The number of nitrogens with one attached hydrogen (secondary N) is 2. The maximum absolute atomic E-state index is 12.3. The highest BCUT2D eigenvalue weighted by Gasteiger charge is 2.22. The summed E-state index contributed by atoms with van der Waals surface area (Å²) in [5.74, 6) is -0.616. The molecule has 1 aliphatic rings. The third-order valence-corrected chi connectivity index (χ3v) is 3.93. The molecule has 0 saturated carbocycles. The SMILES string of the molecule is CCOC(=O)c1c(NC[C@@H]2CCCO2)c2ccccc2[nH]c1=O. The van der Waals surface area contributed by atoms with Crippen LogP contribution in [0.1, 0.15) is 30.1 Å². The normalized spacial score (nSPS) is 17.3. The average molecular weight is 316 g/mol. The Labute approximate surface area is 133 Å². The van der Waals surface area contributed by atoms with E-state index in [4.69, 9.17) is 9.47 Å². The number of hydrogen-bond donors (Lipinski definition) is 2. The largest absolute Gasteiger partial charge is 0.462 e. The number of para-hydroxylation sites is 1. The second-order valence-electron chi connectivity index (χ2n) is 5.49. The molecule has 1 atom stereocenters. The van der Waals surface area contributed by atoms with E-state index in [1.807, 2.05) is 24.3 Å². The molecule has 122 valence electrons. The Kier molecular flexibility index (Phi) is 4.62. The summed E-state index contributed by atoms with van der Waals surface area (Å²) in [6.45, 7) is 3.25. The van der Waals surface area contributed by atoms with E-state index in [1.165, 1.54) is 0 Å². The molecule has 2 aromatic rings. The molecule has 0 aliphatic carbocycles. The highest BCUT2D eigenvalue weighted by Crippen LogP contribution is 2.25. The fourth-order valence-electron chi connectivity index (χ4n) is 2.85. The quantitative estimate of drug-likeness (QED) is 0.827. The zero-order valence-electron chi connectivity index (χ0n) is 13.1. The van der Waals surface area contributed by atoms with Crippen molar-refractivity contribution in [3.8, 4) is 0 Å². The van der Waals surface area contributed by atoms with Crippen molar-refractivity contribution in [1.82, 2.24) is 4.98 Å². The highest BCUT2D eigenvalue weighted by atomic mass is 16.5. The maximum Gasteiger partial charge on any atom is 0.345 e. The Bertz CT molecular complexity index is 763. The molecule has 1 aromatic carbocycles. The molecular weight excluding hydrogens is 296 g/mol. The molecule has 23 heavy (non-hydrogen) atoms. The molecule has 2 N–H and O–H groups in total. The number of fused-ring (bicyclic) bond motifs is 1. The summed E-state index contributed by atoms with van der Waals surface area (Å²) >= 11 is 0. The minimum atomic E-state index is -0.616. The van der Waals surface area contributed by atoms with Crippen LogP contribution in [0.15, 0.2) is 29.1 Å². The molecule has 0 spiro atoms. The molecule has 1 saturated heterocycles. The number of esters is 1. The van der Waals surface area contributed by atoms with E-state index in [9.17, 15) is 9.59 Å². The summed E-state index contributed by atoms with van der Waals surface area (Å²) in [5, 5.41) is 4.02. The highest BCUT2D eigenvalue weighted by molar-refractivity contribution is 6.04. The molecule has 2 heterocycles. The summed E-state index contributed by atoms with van der Waals surface area (Å²) < 4.78 is 10.6. The number of aromatic amines is 1. The topological polar surface area (TPSA) is 80.4 Å². The summed E-state index contributed by atoms with van der Waals surface area (Å²) in [6.07, 6.45) is 2.11. The molecule has 1 fully saturated rings. The first-order chi connectivity index (χ1) is 11.2. The van der Waals surface area contributed by atoms with Crippen molar-refractivity contribution in [3.63, 3.8) is 0 Å². The lowest BCUT2D eigenvalue weighted by molar-refractivity contribution is 0.0525. The van der Waals surface area contributed by atoms with Crippen LogP contribution < -0.4 is 10.9 Å². The summed E-state index contributed by atoms with van der Waals surface area (Å²) in [6, 6.07) is 7.38. The van der Waals surface area contributed by atoms with Gasteiger partial charge in [-0.1, -0.05) is 18.2 Å². The number of H-pyrrole nitrogens is 1. The van der Waals surface area contributed by atoms with E-state index >= 15 is 0 Å². The van der Waals surface area contributed by atoms with Gasteiger partial charge in [-0.2, -0.15) is 0 Å². The van der Waals surface area contributed by atoms with Gasteiger partial charge in [-0.05, 0) is 25.8 Å². The minimum absolute atomic E-state index is 0.0172. The Morgan fingerprint density at radius 3 is 3.00 bits per heavy atom. The Morgan fingerprint density at radius 1 is 1.43 bits per heavy atom. The van der Waals surface area contributed by atoms with E-state index in [0.717, 1.165) is 24.8 Å². The number of rotatable bonds is 5. The number of carbonyl (C=O) groups excluding carboxylic acids is 1. The fourth-order valence-corrected chi connectivity index (χ4v) is 2.85. The van der Waals surface area contributed by atoms with Crippen LogP contribution in [-0.4, -0.2) is 36.8 Å². The van der Waals surface area contributed by atoms with Crippen molar-refractivity contribution < 1.29 is 14.3 Å². The van der Waals surface area contributed by atoms with Crippen LogP contribution in [0.4, 0.5) is 5.69 Å². The Balaban J connectivity index is 2.03. The third kappa shape index (κ3) is 3.22. The molecule has 1 aromatic heterocycles. The first-order valence-electron chi connectivity index (χ1n) is 7.88. The van der Waals surface area contributed by atoms with Gasteiger partial charge >= 0.3 is 5.97 Å². The number of hydrogen-bond acceptors (Lipinski definition) is 5. The van der Waals surface area contributed by atoms with Gasteiger partial charge in [-0.15, -0.1) is 0 Å². The van der Waals surface area contributed by atoms with E-state index in [-0.39, 0.29) is 18.3 Å². The minimum Gasteiger partial charge on any atom is -0.462 e. The molecule has 0 bridgehead atoms. The van der Waals surface area contributed by atoms with Crippen molar-refractivity contribution in [2.24, 2.45) is 0 Å². The van der Waals surface area contributed by atoms with Crippen LogP contribution >= 0.6 is 0 Å². The van der Waals surface area contributed by atoms with Crippen molar-refractivity contribution in [1.29, 1.82) is 0 Å². The lowest BCUT2D eigenvalue weighted by Gasteiger charge is -2.16. The predicted molar refractivity (Wildman–Crippen MR) is 88.0 cm³/mol. The van der Waals surface area contributed by atoms with Gasteiger partial charge < -0.3 is 19.8 Å². The molecular formula is C17H20N2O4. The molecule has 0 unspecified atom stereocenters. The number of pyridine rings is 1. The number of aromatic nitrogens is 1. The number of carbonyl (C=O) groups is 1. The second kappa shape index (κ2) is 6.83. The van der Waals surface area contributed by atoms with Gasteiger partial charge in [-0.3, -0.25) is 4.79 Å². The van der Waals surface area contributed by atoms with Crippen LogP contribution in [-0.2, 0) is 9.47 Å². The zero-order chi connectivity index (χ0) is 16.2. The molecule has 3 rings (SSSR count). The van der Waals surface area contributed by atoms with Crippen LogP contribution in [0.5, 0.6) is 0 Å². The zero-order valence-corrected chi connectivity index (χ0v) is 13.1. The summed E-state index contributed by atoms with van der Waals surface area (Å²) in [5.41, 5.74) is 0.763. The Morgan fingerprint density at radius 2 is 2.26 bits per heavy atom. The van der Waals surface area contributed by atoms with Gasteiger partial charge in [-0.25, -0.2) is 4.79 Å². The van der Waals surface area contributed by atoms with Crippen molar-refractivity contribution in [2.45, 2.75) is 25.9 Å². The van der Waals surface area contributed by atoms with Gasteiger partial charge in [0.05, 0.1) is 23.9 Å². The van der Waals surface area contributed by atoms with E-state index < -0.39 is 11.5 Å². The van der Waals surface area contributed by atoms with Crippen LogP contribution in [0.3, 0.4) is 0 Å². The molecule has 6 nitrogen and oxygen atoms in total. The number of ether oxygens (including phenoxy) is 2. The molecule has 1 aliphatic heterocycles. The average Bonchev–Trinajstić information content (AvgIpc) is 3.05. The van der Waals surface area contributed by atoms with Crippen LogP contribution in [0.25, 0.3) is 10.9 Å². The lowest BCUT2D eigenvalue weighted by atomic mass is 10.1. The van der Waals surface area contributed by atoms with Crippen LogP contribution in [0.2, 0.25) is 0 Å². The monoisotopic (exact) mass is 316 g/mol. The van der Waals surface area contributed by atoms with E-state index in [2.05, 4.69) is 10.3 Å².